The Morgan fingerprint density at radius 1 is 1.14 bits per heavy atom. The van der Waals surface area contributed by atoms with Crippen molar-refractivity contribution >= 4 is 63.7 Å². The van der Waals surface area contributed by atoms with Gasteiger partial charge in [0.1, 0.15) is 18.3 Å². The third kappa shape index (κ3) is 8.40. The minimum atomic E-state index is -1.25. The molecule has 0 saturated carbocycles. The fourth-order valence-electron chi connectivity index (χ4n) is 2.92. The van der Waals surface area contributed by atoms with Gasteiger partial charge in [-0.25, -0.2) is 0 Å². The molecule has 0 aliphatic carbocycles. The highest BCUT2D eigenvalue weighted by Crippen LogP contribution is 2.36. The summed E-state index contributed by atoms with van der Waals surface area (Å²) in [5.74, 6) is -0.624. The first kappa shape index (κ1) is 27.8. The van der Waals surface area contributed by atoms with Crippen molar-refractivity contribution in [2.24, 2.45) is 0 Å². The molecule has 1 aromatic heterocycles. The van der Waals surface area contributed by atoms with E-state index in [1.54, 1.807) is 25.3 Å². The number of aromatic nitrogens is 4. The van der Waals surface area contributed by atoms with E-state index in [1.807, 2.05) is 24.3 Å². The van der Waals surface area contributed by atoms with Gasteiger partial charge < -0.3 is 15.2 Å². The number of carbonyl (C=O) groups excluding carboxylic acids is 2. The van der Waals surface area contributed by atoms with Crippen LogP contribution in [-0.2, 0) is 22.6 Å². The Labute approximate surface area is 225 Å². The fraction of sp³-hybridized carbons (Fsp3) is 0.273. The largest absolute Gasteiger partial charge is 0.497 e. The van der Waals surface area contributed by atoms with Gasteiger partial charge in [0.05, 0.1) is 28.5 Å². The summed E-state index contributed by atoms with van der Waals surface area (Å²) in [6.45, 7) is -0.376. The number of nitrogens with one attached hydrogen (secondary N) is 1. The lowest BCUT2D eigenvalue weighted by molar-refractivity contribution is -0.139. The number of benzene rings is 2. The van der Waals surface area contributed by atoms with Gasteiger partial charge in [0.15, 0.2) is 5.78 Å². The number of aryl methyl sites for hydroxylation is 1. The predicted molar refractivity (Wildman–Crippen MR) is 137 cm³/mol. The molecule has 36 heavy (non-hydrogen) atoms. The monoisotopic (exact) mass is 569 g/mol. The van der Waals surface area contributed by atoms with Crippen molar-refractivity contribution in [3.05, 3.63) is 58.1 Å². The molecule has 0 saturated heterocycles. The van der Waals surface area contributed by atoms with Gasteiger partial charge in [-0.15, -0.1) is 10.2 Å². The second-order valence-electron chi connectivity index (χ2n) is 7.25. The summed E-state index contributed by atoms with van der Waals surface area (Å²) in [5.41, 5.74) is 1.01. The molecule has 0 fully saturated rings. The summed E-state index contributed by atoms with van der Waals surface area (Å²) >= 11 is 14.3. The van der Waals surface area contributed by atoms with Gasteiger partial charge in [0.25, 0.3) is 5.24 Å². The molecular formula is C22H21Cl2N5O5S2. The Morgan fingerprint density at radius 3 is 2.47 bits per heavy atom. The van der Waals surface area contributed by atoms with E-state index in [0.717, 1.165) is 39.6 Å². The molecule has 2 N–H and O–H groups in total. The number of thioether (sulfide) groups is 1. The molecule has 1 heterocycles. The average molecular weight is 570 g/mol. The van der Waals surface area contributed by atoms with E-state index < -0.39 is 29.5 Å². The van der Waals surface area contributed by atoms with Crippen molar-refractivity contribution in [3.63, 3.8) is 0 Å². The molecule has 10 nitrogen and oxygen atoms in total. The van der Waals surface area contributed by atoms with Crippen LogP contribution < -0.4 is 10.1 Å². The number of carboxylic acids is 1. The first-order chi connectivity index (χ1) is 17.2. The molecule has 0 aliphatic heterocycles. The van der Waals surface area contributed by atoms with E-state index >= 15 is 0 Å². The quantitative estimate of drug-likeness (QED) is 0.325. The van der Waals surface area contributed by atoms with Crippen molar-refractivity contribution in [2.75, 3.05) is 12.9 Å². The summed E-state index contributed by atoms with van der Waals surface area (Å²) < 4.78 is 5.11. The first-order valence-corrected chi connectivity index (χ1v) is 13.0. The van der Waals surface area contributed by atoms with Crippen LogP contribution in [-0.4, -0.2) is 61.2 Å². The Hall–Kier alpha value is -2.80. The Balaban J connectivity index is 1.54. The molecule has 1 atom stereocenters. The van der Waals surface area contributed by atoms with E-state index in [4.69, 9.17) is 27.9 Å². The Bertz CT molecular complexity index is 1210. The molecular weight excluding hydrogens is 549 g/mol. The summed E-state index contributed by atoms with van der Waals surface area (Å²) in [7, 11) is 1.58. The van der Waals surface area contributed by atoms with Crippen LogP contribution in [0.4, 0.5) is 4.79 Å². The second-order valence-corrected chi connectivity index (χ2v) is 10.1. The normalized spacial score (nSPS) is 11.6. The number of amides is 1. The maximum Gasteiger partial charge on any atom is 0.305 e. The van der Waals surface area contributed by atoms with E-state index in [0.29, 0.717) is 27.1 Å². The Kier molecular flexibility index (Phi) is 10.4. The summed E-state index contributed by atoms with van der Waals surface area (Å²) in [6, 6.07) is 11.2. The standard InChI is InChI=1S/C22H21Cl2N5O5S2/c1-34-14-7-5-13(6-8-14)9-10-35-22(33)25-17(11-19(31)32)18(30)12-29-27-21(26-28-29)36-20-15(23)3-2-4-16(20)24/h2-8,17H,9-12H2,1H3,(H,25,33)(H,31,32). The second kappa shape index (κ2) is 13.5. The molecule has 1 amide bonds. The third-order valence-corrected chi connectivity index (χ3v) is 7.32. The highest BCUT2D eigenvalue weighted by atomic mass is 35.5. The van der Waals surface area contributed by atoms with Crippen molar-refractivity contribution in [3.8, 4) is 5.75 Å². The SMILES string of the molecule is COc1ccc(CCSC(=O)NC(CC(=O)O)C(=O)Cn2nnc(Sc3c(Cl)cccc3Cl)n2)cc1. The van der Waals surface area contributed by atoms with Crippen LogP contribution in [0, 0.1) is 0 Å². The third-order valence-electron chi connectivity index (χ3n) is 4.69. The number of aliphatic carboxylic acids is 1. The molecule has 2 aromatic carbocycles. The highest BCUT2D eigenvalue weighted by Gasteiger charge is 2.25. The fourth-order valence-corrected chi connectivity index (χ4v) is 5.02. The van der Waals surface area contributed by atoms with Gasteiger partial charge in [-0.05, 0) is 53.2 Å². The zero-order chi connectivity index (χ0) is 26.1. The van der Waals surface area contributed by atoms with Crippen LogP contribution in [0.15, 0.2) is 52.5 Å². The van der Waals surface area contributed by atoms with Crippen LogP contribution >= 0.6 is 46.7 Å². The topological polar surface area (TPSA) is 136 Å². The summed E-state index contributed by atoms with van der Waals surface area (Å²) in [6.07, 6.45) is 0.0353. The number of hydrogen-bond donors (Lipinski definition) is 2. The first-order valence-electron chi connectivity index (χ1n) is 10.5. The van der Waals surface area contributed by atoms with E-state index in [9.17, 15) is 19.5 Å². The van der Waals surface area contributed by atoms with Gasteiger partial charge in [0, 0.05) is 5.75 Å². The summed E-state index contributed by atoms with van der Waals surface area (Å²) in [5, 5.41) is 24.0. The maximum absolute atomic E-state index is 12.7. The molecule has 190 valence electrons. The molecule has 0 bridgehead atoms. The zero-order valence-electron chi connectivity index (χ0n) is 18.9. The number of nitrogens with zero attached hydrogens (tertiary/aromatic N) is 4. The Morgan fingerprint density at radius 2 is 1.83 bits per heavy atom. The van der Waals surface area contributed by atoms with Crippen LogP contribution in [0.25, 0.3) is 0 Å². The van der Waals surface area contributed by atoms with E-state index in [-0.39, 0.29) is 11.7 Å². The lowest BCUT2D eigenvalue weighted by Gasteiger charge is -2.15. The zero-order valence-corrected chi connectivity index (χ0v) is 22.0. The van der Waals surface area contributed by atoms with Crippen molar-refractivity contribution in [2.45, 2.75) is 35.5 Å². The molecule has 0 radical (unpaired) electrons. The molecule has 14 heteroatoms. The van der Waals surface area contributed by atoms with Gasteiger partial charge in [0.2, 0.25) is 5.16 Å². The van der Waals surface area contributed by atoms with Crippen LogP contribution in [0.3, 0.4) is 0 Å². The van der Waals surface area contributed by atoms with Crippen molar-refractivity contribution in [1.82, 2.24) is 25.5 Å². The predicted octanol–water partition coefficient (Wildman–Crippen LogP) is 4.24. The van der Waals surface area contributed by atoms with Gasteiger partial charge in [-0.2, -0.15) is 4.80 Å². The smallest absolute Gasteiger partial charge is 0.305 e. The van der Waals surface area contributed by atoms with Crippen LogP contribution in [0.5, 0.6) is 5.75 Å². The number of ketones is 1. The number of halogens is 2. The summed E-state index contributed by atoms with van der Waals surface area (Å²) in [4.78, 5) is 37.9. The van der Waals surface area contributed by atoms with Crippen molar-refractivity contribution in [1.29, 1.82) is 0 Å². The maximum atomic E-state index is 12.7. The molecule has 3 rings (SSSR count). The number of hydrogen-bond acceptors (Lipinski definition) is 9. The van der Waals surface area contributed by atoms with Gasteiger partial charge >= 0.3 is 5.97 Å². The number of carbonyl (C=O) groups is 3. The minimum absolute atomic E-state index is 0.200. The van der Waals surface area contributed by atoms with Crippen molar-refractivity contribution < 1.29 is 24.2 Å². The number of tetrazole rings is 1. The van der Waals surface area contributed by atoms with E-state index in [1.165, 1.54) is 0 Å². The van der Waals surface area contributed by atoms with Crippen LogP contribution in [0.1, 0.15) is 12.0 Å². The number of methoxy groups -OCH3 is 1. The van der Waals surface area contributed by atoms with Gasteiger partial charge in [-0.1, -0.05) is 53.2 Å². The van der Waals surface area contributed by atoms with Crippen LogP contribution in [0.2, 0.25) is 10.0 Å². The van der Waals surface area contributed by atoms with E-state index in [2.05, 4.69) is 20.7 Å². The number of ether oxygens (including phenoxy) is 1. The molecule has 0 aliphatic rings. The molecule has 1 unspecified atom stereocenters. The number of Topliss-reactive ketones (excluding diaryl/α,β-unsaturated/α-hetero) is 1. The highest BCUT2D eigenvalue weighted by molar-refractivity contribution is 8.13. The van der Waals surface area contributed by atoms with Gasteiger partial charge in [-0.3, -0.25) is 14.4 Å². The minimum Gasteiger partial charge on any atom is -0.497 e. The molecule has 3 aromatic rings. The average Bonchev–Trinajstić information content (AvgIpc) is 3.28. The lowest BCUT2D eigenvalue weighted by Crippen LogP contribution is -2.42. The lowest BCUT2D eigenvalue weighted by atomic mass is 10.1. The number of rotatable bonds is 12. The molecule has 0 spiro atoms. The number of carboxylic acid groups (broad SMARTS) is 1.